The Kier molecular flexibility index (Phi) is 18.2. The van der Waals surface area contributed by atoms with Crippen LogP contribution in [0.25, 0.3) is 231 Å². The van der Waals surface area contributed by atoms with Crippen molar-refractivity contribution >= 4 is 142 Å². The second-order valence-electron chi connectivity index (χ2n) is 33.9. The summed E-state index contributed by atoms with van der Waals surface area (Å²) >= 11 is 0. The number of para-hydroxylation sites is 10. The van der Waals surface area contributed by atoms with Gasteiger partial charge < -0.3 is 27.4 Å². The first-order valence-electron chi connectivity index (χ1n) is 44.7. The molecule has 130 heavy (non-hydrogen) atoms. The number of aromatic nitrogens is 6. The van der Waals surface area contributed by atoms with Crippen LogP contribution >= 0.6 is 0 Å². The topological polar surface area (TPSA) is 29.6 Å². The molecule has 27 rings (SSSR count). The number of fused-ring (bicyclic) bond motifs is 19. The van der Waals surface area contributed by atoms with Crippen LogP contribution in [0.4, 0.5) is 0 Å². The highest BCUT2D eigenvalue weighted by atomic mass is 15.0. The molecule has 6 nitrogen and oxygen atoms in total. The smallest absolute Gasteiger partial charge is 0.0541 e. The van der Waals surface area contributed by atoms with Crippen molar-refractivity contribution in [3.05, 3.63) is 497 Å². The van der Waals surface area contributed by atoms with E-state index in [2.05, 4.69) is 525 Å². The summed E-state index contributed by atoms with van der Waals surface area (Å²) in [5.41, 5.74) is 33.8. The first kappa shape index (κ1) is 75.2. The molecular weight excluding hydrogens is 1570 g/mol. The van der Waals surface area contributed by atoms with Crippen molar-refractivity contribution in [2.75, 3.05) is 0 Å². The van der Waals surface area contributed by atoms with Crippen LogP contribution in [0.1, 0.15) is 0 Å². The minimum absolute atomic E-state index is 1.15. The minimum atomic E-state index is 1.15. The van der Waals surface area contributed by atoms with Gasteiger partial charge in [-0.25, -0.2) is 0 Å². The van der Waals surface area contributed by atoms with Crippen molar-refractivity contribution in [3.8, 4) is 89.8 Å². The summed E-state index contributed by atoms with van der Waals surface area (Å²) in [5.74, 6) is 0. The molecule has 0 radical (unpaired) electrons. The molecule has 0 N–H and O–H groups in total. The van der Waals surface area contributed by atoms with Gasteiger partial charge in [-0.2, -0.15) is 0 Å². The van der Waals surface area contributed by atoms with Crippen molar-refractivity contribution in [1.82, 2.24) is 27.4 Å². The molecule has 0 aliphatic heterocycles. The van der Waals surface area contributed by atoms with E-state index in [1.807, 2.05) is 0 Å². The summed E-state index contributed by atoms with van der Waals surface area (Å²) in [6.07, 6.45) is 0. The van der Waals surface area contributed by atoms with Gasteiger partial charge in [-0.1, -0.05) is 309 Å². The predicted octanol–water partition coefficient (Wildman–Crippen LogP) is 33.1. The zero-order valence-corrected chi connectivity index (χ0v) is 71.0. The highest BCUT2D eigenvalue weighted by molar-refractivity contribution is 6.17. The molecule has 6 heteroatoms. The second kappa shape index (κ2) is 31.4. The normalized spacial score (nSPS) is 11.7. The van der Waals surface area contributed by atoms with Crippen LogP contribution in [-0.2, 0) is 0 Å². The molecule has 27 aromatic rings. The zero-order chi connectivity index (χ0) is 85.7. The number of hydrogen-bond donors (Lipinski definition) is 0. The summed E-state index contributed by atoms with van der Waals surface area (Å²) in [6.45, 7) is 0. The van der Waals surface area contributed by atoms with Crippen LogP contribution < -0.4 is 0 Å². The summed E-state index contributed by atoms with van der Waals surface area (Å²) in [6, 6.07) is 180. The van der Waals surface area contributed by atoms with Crippen molar-refractivity contribution in [1.29, 1.82) is 0 Å². The molecule has 0 atom stereocenters. The van der Waals surface area contributed by atoms with Gasteiger partial charge in [0.15, 0.2) is 0 Å². The maximum atomic E-state index is 2.43. The van der Waals surface area contributed by atoms with Crippen LogP contribution in [0.2, 0.25) is 0 Å². The first-order chi connectivity index (χ1) is 64.5. The molecule has 608 valence electrons. The highest BCUT2D eigenvalue weighted by Gasteiger charge is 2.23. The van der Waals surface area contributed by atoms with E-state index >= 15 is 0 Å². The SMILES string of the molecule is c1ccc(-c2cc(-c3ccccc3)cc(-n3c4ccccc4c4cc(-c5ccc6c(c5)c5ccccc5n6-c5ccccc5)ccc43)c2)cc1.c1ccc(-n2c3ccccc3c3cc(-c4ccc5c(c4)c4ccccc4n5-c4ccc5ccccc5c4)ccc32)cc1.c1ccc(-n2c3ccccc3c3cc(-c4ccc5c(c4)c4ccccc4n5-c4ccccc4)ccc32)cc1. The fourth-order valence-electron chi connectivity index (χ4n) is 20.5. The maximum Gasteiger partial charge on any atom is 0.0541 e. The van der Waals surface area contributed by atoms with Gasteiger partial charge in [0.25, 0.3) is 0 Å². The van der Waals surface area contributed by atoms with Gasteiger partial charge in [0.05, 0.1) is 66.2 Å². The van der Waals surface area contributed by atoms with Crippen molar-refractivity contribution < 1.29 is 0 Å². The first-order valence-corrected chi connectivity index (χ1v) is 44.7. The fourth-order valence-corrected chi connectivity index (χ4v) is 20.5. The third kappa shape index (κ3) is 12.8. The minimum Gasteiger partial charge on any atom is -0.309 e. The Morgan fingerprint density at radius 2 is 0.300 bits per heavy atom. The van der Waals surface area contributed by atoms with Crippen LogP contribution in [0.3, 0.4) is 0 Å². The molecule has 0 unspecified atom stereocenters. The Bertz CT molecular complexity index is 8870. The van der Waals surface area contributed by atoms with E-state index < -0.39 is 0 Å². The summed E-state index contributed by atoms with van der Waals surface area (Å²) in [4.78, 5) is 0. The second-order valence-corrected chi connectivity index (χ2v) is 33.9. The molecule has 21 aromatic carbocycles. The molecule has 0 aliphatic carbocycles. The standard InChI is InChI=1S/C48H32N2.C40H26N2.C36H24N2/c1-4-14-33(15-5-1)37-28-38(34-16-6-2-7-17-34)30-40(29-37)50-46-23-13-11-21-42(46)44-32-36(25-27-48(44)50)35-24-26-47-43(31-35)41-20-10-12-22-45(41)49(47)39-18-8-3-9-19-39;1-2-12-31(13-3-1)41-37-16-8-6-14-33(37)35-25-29(19-22-39(35)41)30-20-23-40-36(26-30)34-15-7-9-17-38(34)42(40)32-21-18-27-10-4-5-11-28(27)24-32;1-3-11-27(12-4-1)37-33-17-9-7-15-29(33)31-23-25(19-21-35(31)37)26-20-22-36-32(24-26)30-16-8-10-18-34(30)38(36)28-13-5-2-6-14-28/h1-32H;1-26H;1-24H. The van der Waals surface area contributed by atoms with Crippen LogP contribution in [0.15, 0.2) is 497 Å². The zero-order valence-electron chi connectivity index (χ0n) is 71.0. The van der Waals surface area contributed by atoms with E-state index in [1.54, 1.807) is 0 Å². The molecule has 0 spiro atoms. The molecule has 6 heterocycles. The molecule has 0 saturated carbocycles. The van der Waals surface area contributed by atoms with Gasteiger partial charge in [-0.3, -0.25) is 0 Å². The van der Waals surface area contributed by atoms with Gasteiger partial charge in [0.2, 0.25) is 0 Å². The summed E-state index contributed by atoms with van der Waals surface area (Å²) < 4.78 is 14.3. The monoisotopic (exact) mass is 1650 g/mol. The number of rotatable bonds is 11. The Morgan fingerprint density at radius 1 is 0.0923 bits per heavy atom. The van der Waals surface area contributed by atoms with Crippen LogP contribution in [0, 0.1) is 0 Å². The lowest BCUT2D eigenvalue weighted by Crippen LogP contribution is -1.96. The Labute approximate surface area is 751 Å². The van der Waals surface area contributed by atoms with E-state index in [4.69, 9.17) is 0 Å². The maximum absolute atomic E-state index is 2.43. The molecule has 0 amide bonds. The summed E-state index contributed by atoms with van der Waals surface area (Å²) in [5, 5.41) is 17.7. The van der Waals surface area contributed by atoms with Crippen LogP contribution in [0.5, 0.6) is 0 Å². The number of hydrogen-bond acceptors (Lipinski definition) is 0. The predicted molar refractivity (Wildman–Crippen MR) is 550 cm³/mol. The largest absolute Gasteiger partial charge is 0.309 e. The molecular formula is C124H82N6. The van der Waals surface area contributed by atoms with Gasteiger partial charge in [0, 0.05) is 98.8 Å². The number of nitrogens with zero attached hydrogens (tertiary/aromatic N) is 6. The molecule has 0 fully saturated rings. The van der Waals surface area contributed by atoms with Gasteiger partial charge in [-0.05, 0) is 254 Å². The third-order valence-electron chi connectivity index (χ3n) is 26.5. The quantitative estimate of drug-likeness (QED) is 0.124. The Balaban J connectivity index is 0.000000106. The average molecular weight is 1660 g/mol. The lowest BCUT2D eigenvalue weighted by molar-refractivity contribution is 1.18. The van der Waals surface area contributed by atoms with E-state index in [1.165, 1.54) is 226 Å². The van der Waals surface area contributed by atoms with Crippen molar-refractivity contribution in [3.63, 3.8) is 0 Å². The molecule has 0 bridgehead atoms. The van der Waals surface area contributed by atoms with Crippen molar-refractivity contribution in [2.45, 2.75) is 0 Å². The molecule has 0 aliphatic rings. The average Bonchev–Trinajstić information content (AvgIpc) is 1.59. The Morgan fingerprint density at radius 3 is 0.569 bits per heavy atom. The lowest BCUT2D eigenvalue weighted by atomic mass is 9.98. The molecule has 0 saturated heterocycles. The highest BCUT2D eigenvalue weighted by Crippen LogP contribution is 2.45. The van der Waals surface area contributed by atoms with Crippen molar-refractivity contribution in [2.24, 2.45) is 0 Å². The Hall–Kier alpha value is -17.3. The van der Waals surface area contributed by atoms with E-state index in [0.717, 1.165) is 5.69 Å². The molecule has 6 aromatic heterocycles. The van der Waals surface area contributed by atoms with E-state index in [0.29, 0.717) is 0 Å². The number of benzene rings is 21. The fraction of sp³-hybridized carbons (Fsp3) is 0. The van der Waals surface area contributed by atoms with Gasteiger partial charge >= 0.3 is 0 Å². The van der Waals surface area contributed by atoms with Crippen LogP contribution in [-0.4, -0.2) is 27.4 Å². The van der Waals surface area contributed by atoms with E-state index in [-0.39, 0.29) is 0 Å². The van der Waals surface area contributed by atoms with E-state index in [9.17, 15) is 0 Å². The van der Waals surface area contributed by atoms with Gasteiger partial charge in [-0.15, -0.1) is 0 Å². The third-order valence-corrected chi connectivity index (χ3v) is 26.5. The van der Waals surface area contributed by atoms with Gasteiger partial charge in [0.1, 0.15) is 0 Å². The lowest BCUT2D eigenvalue weighted by Gasteiger charge is -2.14. The summed E-state index contributed by atoms with van der Waals surface area (Å²) in [7, 11) is 0.